The average molecular weight is 284 g/mol. The Hall–Kier alpha value is -1.03. The Bertz CT molecular complexity index is 537. The summed E-state index contributed by atoms with van der Waals surface area (Å²) in [6, 6.07) is 5.88. The molecule has 0 saturated carbocycles. The molecule has 18 heavy (non-hydrogen) atoms. The summed E-state index contributed by atoms with van der Waals surface area (Å²) in [6.07, 6.45) is 1.84. The average Bonchev–Trinajstić information content (AvgIpc) is 2.75. The fourth-order valence-electron chi connectivity index (χ4n) is 1.72. The van der Waals surface area contributed by atoms with Gasteiger partial charge in [0, 0.05) is 24.5 Å². The SMILES string of the molecule is Cc1ncc(CNC(C)c2ccc(Cl)c(Cl)c2)[nH]1. The Morgan fingerprint density at radius 2 is 2.11 bits per heavy atom. The fourth-order valence-corrected chi connectivity index (χ4v) is 2.03. The summed E-state index contributed by atoms with van der Waals surface area (Å²) in [7, 11) is 0. The van der Waals surface area contributed by atoms with Crippen molar-refractivity contribution in [1.29, 1.82) is 0 Å². The van der Waals surface area contributed by atoms with E-state index in [1.54, 1.807) is 0 Å². The van der Waals surface area contributed by atoms with Gasteiger partial charge >= 0.3 is 0 Å². The van der Waals surface area contributed by atoms with Crippen LogP contribution in [-0.2, 0) is 6.54 Å². The van der Waals surface area contributed by atoms with E-state index in [9.17, 15) is 0 Å². The van der Waals surface area contributed by atoms with Crippen LogP contribution in [0.1, 0.15) is 30.0 Å². The molecular formula is C13H15Cl2N3. The van der Waals surface area contributed by atoms with E-state index in [0.29, 0.717) is 10.0 Å². The molecule has 1 heterocycles. The Labute approximate surface area is 117 Å². The Balaban J connectivity index is 1.99. The Morgan fingerprint density at radius 3 is 2.72 bits per heavy atom. The number of aryl methyl sites for hydroxylation is 1. The van der Waals surface area contributed by atoms with Gasteiger partial charge in [-0.05, 0) is 31.5 Å². The van der Waals surface area contributed by atoms with Crippen LogP contribution in [0.25, 0.3) is 0 Å². The molecule has 0 fully saturated rings. The first-order valence-corrected chi connectivity index (χ1v) is 6.50. The van der Waals surface area contributed by atoms with Gasteiger partial charge in [-0.25, -0.2) is 4.98 Å². The van der Waals surface area contributed by atoms with Gasteiger partial charge in [0.25, 0.3) is 0 Å². The van der Waals surface area contributed by atoms with Crippen molar-refractivity contribution in [3.05, 3.63) is 51.5 Å². The predicted octanol–water partition coefficient (Wildman–Crippen LogP) is 3.88. The van der Waals surface area contributed by atoms with E-state index in [4.69, 9.17) is 23.2 Å². The smallest absolute Gasteiger partial charge is 0.103 e. The first-order valence-electron chi connectivity index (χ1n) is 5.75. The van der Waals surface area contributed by atoms with Gasteiger partial charge in [0.15, 0.2) is 0 Å². The zero-order valence-corrected chi connectivity index (χ0v) is 11.8. The number of benzene rings is 1. The maximum Gasteiger partial charge on any atom is 0.103 e. The van der Waals surface area contributed by atoms with Gasteiger partial charge in [-0.2, -0.15) is 0 Å². The van der Waals surface area contributed by atoms with Gasteiger partial charge in [0.2, 0.25) is 0 Å². The van der Waals surface area contributed by atoms with Gasteiger partial charge in [-0.1, -0.05) is 29.3 Å². The van der Waals surface area contributed by atoms with Crippen molar-refractivity contribution >= 4 is 23.2 Å². The summed E-state index contributed by atoms with van der Waals surface area (Å²) in [5, 5.41) is 4.57. The maximum absolute atomic E-state index is 6.00. The number of nitrogens with zero attached hydrogens (tertiary/aromatic N) is 1. The molecule has 2 rings (SSSR count). The van der Waals surface area contributed by atoms with Crippen LogP contribution in [-0.4, -0.2) is 9.97 Å². The van der Waals surface area contributed by atoms with E-state index in [0.717, 1.165) is 23.6 Å². The molecule has 1 unspecified atom stereocenters. The summed E-state index contributed by atoms with van der Waals surface area (Å²) >= 11 is 11.9. The highest BCUT2D eigenvalue weighted by molar-refractivity contribution is 6.42. The number of aromatic amines is 1. The molecule has 0 aliphatic rings. The number of imidazole rings is 1. The lowest BCUT2D eigenvalue weighted by Gasteiger charge is -2.14. The van der Waals surface area contributed by atoms with Crippen LogP contribution < -0.4 is 5.32 Å². The van der Waals surface area contributed by atoms with Crippen LogP contribution in [0.15, 0.2) is 24.4 Å². The van der Waals surface area contributed by atoms with Gasteiger partial charge in [-0.15, -0.1) is 0 Å². The van der Waals surface area contributed by atoms with Crippen LogP contribution in [0, 0.1) is 6.92 Å². The van der Waals surface area contributed by atoms with Crippen molar-refractivity contribution in [1.82, 2.24) is 15.3 Å². The molecule has 0 saturated heterocycles. The number of aromatic nitrogens is 2. The molecule has 2 N–H and O–H groups in total. The monoisotopic (exact) mass is 283 g/mol. The predicted molar refractivity (Wildman–Crippen MR) is 75.0 cm³/mol. The fraction of sp³-hybridized carbons (Fsp3) is 0.308. The van der Waals surface area contributed by atoms with Gasteiger partial charge < -0.3 is 10.3 Å². The highest BCUT2D eigenvalue weighted by Gasteiger charge is 2.07. The number of halogens is 2. The second-order valence-corrected chi connectivity index (χ2v) is 5.08. The number of H-pyrrole nitrogens is 1. The molecule has 0 amide bonds. The van der Waals surface area contributed by atoms with Gasteiger partial charge in [-0.3, -0.25) is 0 Å². The van der Waals surface area contributed by atoms with E-state index in [1.165, 1.54) is 0 Å². The van der Waals surface area contributed by atoms with E-state index in [2.05, 4.69) is 22.2 Å². The molecule has 0 spiro atoms. The molecule has 3 nitrogen and oxygen atoms in total. The van der Waals surface area contributed by atoms with Crippen molar-refractivity contribution in [2.75, 3.05) is 0 Å². The second-order valence-electron chi connectivity index (χ2n) is 4.27. The zero-order valence-electron chi connectivity index (χ0n) is 10.3. The number of hydrogen-bond acceptors (Lipinski definition) is 2. The summed E-state index contributed by atoms with van der Waals surface area (Å²) < 4.78 is 0. The van der Waals surface area contributed by atoms with Crippen LogP contribution in [0.4, 0.5) is 0 Å². The van der Waals surface area contributed by atoms with Crippen molar-refractivity contribution in [2.45, 2.75) is 26.4 Å². The molecule has 0 aliphatic heterocycles. The molecule has 1 aromatic carbocycles. The van der Waals surface area contributed by atoms with Crippen molar-refractivity contribution in [2.24, 2.45) is 0 Å². The van der Waals surface area contributed by atoms with E-state index in [-0.39, 0.29) is 6.04 Å². The Morgan fingerprint density at radius 1 is 1.33 bits per heavy atom. The van der Waals surface area contributed by atoms with Crippen LogP contribution in [0.5, 0.6) is 0 Å². The molecular weight excluding hydrogens is 269 g/mol. The number of hydrogen-bond donors (Lipinski definition) is 2. The molecule has 1 atom stereocenters. The highest BCUT2D eigenvalue weighted by Crippen LogP contribution is 2.25. The summed E-state index contributed by atoms with van der Waals surface area (Å²) in [5.41, 5.74) is 2.18. The van der Waals surface area contributed by atoms with Crippen molar-refractivity contribution < 1.29 is 0 Å². The molecule has 5 heteroatoms. The van der Waals surface area contributed by atoms with Gasteiger partial charge in [0.05, 0.1) is 10.0 Å². The molecule has 0 bridgehead atoms. The lowest BCUT2D eigenvalue weighted by Crippen LogP contribution is -2.18. The van der Waals surface area contributed by atoms with Crippen molar-refractivity contribution in [3.8, 4) is 0 Å². The molecule has 2 aromatic rings. The zero-order chi connectivity index (χ0) is 13.1. The third-order valence-electron chi connectivity index (χ3n) is 2.80. The molecule has 0 aliphatic carbocycles. The first-order chi connectivity index (χ1) is 8.56. The molecule has 1 aromatic heterocycles. The third-order valence-corrected chi connectivity index (χ3v) is 3.54. The lowest BCUT2D eigenvalue weighted by atomic mass is 10.1. The third kappa shape index (κ3) is 3.25. The minimum atomic E-state index is 0.198. The molecule has 96 valence electrons. The van der Waals surface area contributed by atoms with E-state index >= 15 is 0 Å². The standard InChI is InChI=1S/C13H15Cl2N3/c1-8(10-3-4-12(14)13(15)5-10)16-6-11-7-17-9(2)18-11/h3-5,7-8,16H,6H2,1-2H3,(H,17,18). The largest absolute Gasteiger partial charge is 0.345 e. The Kier molecular flexibility index (Phi) is 4.27. The van der Waals surface area contributed by atoms with E-state index < -0.39 is 0 Å². The number of nitrogens with one attached hydrogen (secondary N) is 2. The van der Waals surface area contributed by atoms with Crippen LogP contribution in [0.2, 0.25) is 10.0 Å². The maximum atomic E-state index is 6.00. The summed E-state index contributed by atoms with van der Waals surface area (Å²) in [4.78, 5) is 7.34. The minimum Gasteiger partial charge on any atom is -0.345 e. The molecule has 0 radical (unpaired) electrons. The van der Waals surface area contributed by atoms with Gasteiger partial charge in [0.1, 0.15) is 5.82 Å². The summed E-state index contributed by atoms with van der Waals surface area (Å²) in [5.74, 6) is 0.925. The second kappa shape index (κ2) is 5.74. The first kappa shape index (κ1) is 13.4. The normalized spacial score (nSPS) is 12.7. The quantitative estimate of drug-likeness (QED) is 0.894. The highest BCUT2D eigenvalue weighted by atomic mass is 35.5. The number of rotatable bonds is 4. The van der Waals surface area contributed by atoms with Crippen molar-refractivity contribution in [3.63, 3.8) is 0 Å². The van der Waals surface area contributed by atoms with E-state index in [1.807, 2.05) is 31.3 Å². The summed E-state index contributed by atoms with van der Waals surface area (Å²) in [6.45, 7) is 4.76. The lowest BCUT2D eigenvalue weighted by molar-refractivity contribution is 0.568. The minimum absolute atomic E-state index is 0.198. The van der Waals surface area contributed by atoms with Crippen LogP contribution in [0.3, 0.4) is 0 Å². The van der Waals surface area contributed by atoms with Crippen LogP contribution >= 0.6 is 23.2 Å². The topological polar surface area (TPSA) is 40.7 Å².